The third-order valence-corrected chi connectivity index (χ3v) is 3.36. The fourth-order valence-corrected chi connectivity index (χ4v) is 2.10. The van der Waals surface area contributed by atoms with Gasteiger partial charge < -0.3 is 5.32 Å². The maximum absolute atomic E-state index is 11.0. The Bertz CT molecular complexity index is 654. The summed E-state index contributed by atoms with van der Waals surface area (Å²) >= 11 is 0. The minimum absolute atomic E-state index is 0.140. The molecule has 0 atom stereocenters. The van der Waals surface area contributed by atoms with Crippen molar-refractivity contribution in [3.05, 3.63) is 63.0 Å². The highest BCUT2D eigenvalue weighted by atomic mass is 16.6. The fraction of sp³-hybridized carbons (Fsp3) is 0.267. The molecule has 0 saturated carbocycles. The van der Waals surface area contributed by atoms with E-state index in [1.54, 1.807) is 25.4 Å². The molecule has 0 aliphatic carbocycles. The monoisotopic (exact) mass is 271 g/mol. The summed E-state index contributed by atoms with van der Waals surface area (Å²) in [5, 5.41) is 14.2. The number of nitrogens with one attached hydrogen (secondary N) is 1. The maximum Gasteiger partial charge on any atom is 0.274 e. The van der Waals surface area contributed by atoms with Crippen LogP contribution in [-0.4, -0.2) is 9.91 Å². The van der Waals surface area contributed by atoms with Gasteiger partial charge in [0.2, 0.25) is 0 Å². The molecule has 5 nitrogen and oxygen atoms in total. The summed E-state index contributed by atoms with van der Waals surface area (Å²) in [4.78, 5) is 14.7. The minimum atomic E-state index is -0.352. The van der Waals surface area contributed by atoms with E-state index in [0.717, 1.165) is 22.4 Å². The van der Waals surface area contributed by atoms with Crippen LogP contribution in [0.4, 0.5) is 11.4 Å². The van der Waals surface area contributed by atoms with Gasteiger partial charge in [0.25, 0.3) is 5.69 Å². The zero-order chi connectivity index (χ0) is 14.7. The summed E-state index contributed by atoms with van der Waals surface area (Å²) in [5.41, 5.74) is 4.82. The van der Waals surface area contributed by atoms with Crippen LogP contribution in [0.3, 0.4) is 0 Å². The second-order valence-corrected chi connectivity index (χ2v) is 4.87. The molecule has 104 valence electrons. The topological polar surface area (TPSA) is 68.1 Å². The first-order valence-corrected chi connectivity index (χ1v) is 6.38. The van der Waals surface area contributed by atoms with Crippen LogP contribution in [0.5, 0.6) is 0 Å². The van der Waals surface area contributed by atoms with Gasteiger partial charge in [-0.3, -0.25) is 15.1 Å². The Labute approximate surface area is 117 Å². The number of pyridine rings is 1. The standard InChI is InChI=1S/C15H17N3O2/c1-10-4-5-16-8-13(10)9-17-14-7-15(18(19)20)12(3)6-11(14)2/h4-8,17H,9H2,1-3H3. The fourth-order valence-electron chi connectivity index (χ4n) is 2.10. The third-order valence-electron chi connectivity index (χ3n) is 3.36. The van der Waals surface area contributed by atoms with E-state index in [4.69, 9.17) is 0 Å². The van der Waals surface area contributed by atoms with Gasteiger partial charge in [0.1, 0.15) is 0 Å². The van der Waals surface area contributed by atoms with E-state index >= 15 is 0 Å². The molecule has 0 spiro atoms. The molecule has 0 aliphatic rings. The minimum Gasteiger partial charge on any atom is -0.380 e. The van der Waals surface area contributed by atoms with Crippen molar-refractivity contribution in [3.63, 3.8) is 0 Å². The quantitative estimate of drug-likeness (QED) is 0.682. The van der Waals surface area contributed by atoms with E-state index in [1.165, 1.54) is 0 Å². The summed E-state index contributed by atoms with van der Waals surface area (Å²) in [5.74, 6) is 0. The van der Waals surface area contributed by atoms with Gasteiger partial charge in [-0.25, -0.2) is 0 Å². The largest absolute Gasteiger partial charge is 0.380 e. The average molecular weight is 271 g/mol. The van der Waals surface area contributed by atoms with E-state index in [2.05, 4.69) is 10.3 Å². The normalized spacial score (nSPS) is 10.3. The molecule has 1 N–H and O–H groups in total. The summed E-state index contributed by atoms with van der Waals surface area (Å²) in [6.07, 6.45) is 3.56. The predicted molar refractivity (Wildman–Crippen MR) is 78.9 cm³/mol. The number of benzene rings is 1. The number of nitro benzene ring substituents is 1. The van der Waals surface area contributed by atoms with E-state index in [1.807, 2.05) is 26.0 Å². The Kier molecular flexibility index (Phi) is 3.98. The lowest BCUT2D eigenvalue weighted by atomic mass is 10.1. The summed E-state index contributed by atoms with van der Waals surface area (Å²) in [7, 11) is 0. The number of rotatable bonds is 4. The Balaban J connectivity index is 2.24. The van der Waals surface area contributed by atoms with Crippen LogP contribution in [0, 0.1) is 30.9 Å². The molecule has 0 fully saturated rings. The molecule has 0 radical (unpaired) electrons. The second-order valence-electron chi connectivity index (χ2n) is 4.87. The number of nitrogens with zero attached hydrogens (tertiary/aromatic N) is 2. The van der Waals surface area contributed by atoms with E-state index in [9.17, 15) is 10.1 Å². The van der Waals surface area contributed by atoms with Crippen molar-refractivity contribution in [3.8, 4) is 0 Å². The van der Waals surface area contributed by atoms with Gasteiger partial charge in [-0.15, -0.1) is 0 Å². The molecule has 1 heterocycles. The SMILES string of the molecule is Cc1ccncc1CNc1cc([N+](=O)[O-])c(C)cc1C. The van der Waals surface area contributed by atoms with Crippen LogP contribution < -0.4 is 5.32 Å². The smallest absolute Gasteiger partial charge is 0.274 e. The van der Waals surface area contributed by atoms with Crippen LogP contribution in [0.25, 0.3) is 0 Å². The molecular weight excluding hydrogens is 254 g/mol. The molecule has 0 amide bonds. The van der Waals surface area contributed by atoms with Crippen molar-refractivity contribution in [2.24, 2.45) is 0 Å². The van der Waals surface area contributed by atoms with Gasteiger partial charge in [0.05, 0.1) is 4.92 Å². The zero-order valence-corrected chi connectivity index (χ0v) is 11.8. The van der Waals surface area contributed by atoms with Gasteiger partial charge in [-0.2, -0.15) is 0 Å². The number of nitro groups is 1. The first-order chi connectivity index (χ1) is 9.49. The molecule has 0 bridgehead atoms. The Morgan fingerprint density at radius 3 is 2.60 bits per heavy atom. The molecule has 20 heavy (non-hydrogen) atoms. The summed E-state index contributed by atoms with van der Waals surface area (Å²) < 4.78 is 0. The molecule has 5 heteroatoms. The van der Waals surface area contributed by atoms with E-state index in [0.29, 0.717) is 12.1 Å². The highest BCUT2D eigenvalue weighted by Gasteiger charge is 2.13. The molecule has 2 aromatic rings. The van der Waals surface area contributed by atoms with Crippen molar-refractivity contribution in [1.29, 1.82) is 0 Å². The second kappa shape index (κ2) is 5.69. The predicted octanol–water partition coefficient (Wildman–Crippen LogP) is 3.53. The van der Waals surface area contributed by atoms with Gasteiger partial charge >= 0.3 is 0 Å². The number of hydrogen-bond acceptors (Lipinski definition) is 4. The first kappa shape index (κ1) is 14.0. The molecule has 1 aromatic carbocycles. The summed E-state index contributed by atoms with van der Waals surface area (Å²) in [6.45, 7) is 6.30. The van der Waals surface area contributed by atoms with Crippen molar-refractivity contribution in [2.45, 2.75) is 27.3 Å². The Hall–Kier alpha value is -2.43. The lowest BCUT2D eigenvalue weighted by molar-refractivity contribution is -0.385. The number of aromatic nitrogens is 1. The van der Waals surface area contributed by atoms with Crippen molar-refractivity contribution >= 4 is 11.4 Å². The lowest BCUT2D eigenvalue weighted by Gasteiger charge is -2.12. The average Bonchev–Trinajstić information content (AvgIpc) is 2.39. The van der Waals surface area contributed by atoms with Crippen LogP contribution in [0.1, 0.15) is 22.3 Å². The maximum atomic E-state index is 11.0. The third kappa shape index (κ3) is 2.93. The van der Waals surface area contributed by atoms with Crippen molar-refractivity contribution in [2.75, 3.05) is 5.32 Å². The van der Waals surface area contributed by atoms with E-state index < -0.39 is 0 Å². The van der Waals surface area contributed by atoms with Crippen molar-refractivity contribution in [1.82, 2.24) is 4.98 Å². The van der Waals surface area contributed by atoms with Crippen molar-refractivity contribution < 1.29 is 4.92 Å². The van der Waals surface area contributed by atoms with Crippen LogP contribution in [0.15, 0.2) is 30.6 Å². The Morgan fingerprint density at radius 1 is 1.20 bits per heavy atom. The Morgan fingerprint density at radius 2 is 1.95 bits per heavy atom. The highest BCUT2D eigenvalue weighted by molar-refractivity contribution is 5.60. The lowest BCUT2D eigenvalue weighted by Crippen LogP contribution is -2.04. The van der Waals surface area contributed by atoms with Crippen LogP contribution >= 0.6 is 0 Å². The van der Waals surface area contributed by atoms with Crippen LogP contribution in [0.2, 0.25) is 0 Å². The zero-order valence-electron chi connectivity index (χ0n) is 11.8. The van der Waals surface area contributed by atoms with Gasteiger partial charge in [-0.1, -0.05) is 0 Å². The van der Waals surface area contributed by atoms with Crippen LogP contribution in [-0.2, 0) is 6.54 Å². The molecule has 2 rings (SSSR count). The molecule has 0 aliphatic heterocycles. The first-order valence-electron chi connectivity index (χ1n) is 6.38. The molecular formula is C15H17N3O2. The highest BCUT2D eigenvalue weighted by Crippen LogP contribution is 2.26. The number of anilines is 1. The van der Waals surface area contributed by atoms with Gasteiger partial charge in [0.15, 0.2) is 0 Å². The van der Waals surface area contributed by atoms with Gasteiger partial charge in [0, 0.05) is 36.3 Å². The van der Waals surface area contributed by atoms with Gasteiger partial charge in [-0.05, 0) is 49.6 Å². The summed E-state index contributed by atoms with van der Waals surface area (Å²) in [6, 6.07) is 5.37. The molecule has 0 saturated heterocycles. The number of hydrogen-bond donors (Lipinski definition) is 1. The molecule has 0 unspecified atom stereocenters. The number of aryl methyl sites for hydroxylation is 3. The molecule has 1 aromatic heterocycles. The van der Waals surface area contributed by atoms with E-state index in [-0.39, 0.29) is 10.6 Å².